The van der Waals surface area contributed by atoms with Crippen LogP contribution >= 0.6 is 0 Å². The molecule has 1 aromatic heterocycles. The number of hydrogen-bond donors (Lipinski definition) is 0. The first-order valence-electron chi connectivity index (χ1n) is 5.39. The van der Waals surface area contributed by atoms with Crippen molar-refractivity contribution in [2.24, 2.45) is 7.05 Å². The lowest BCUT2D eigenvalue weighted by molar-refractivity contribution is 0.103. The lowest BCUT2D eigenvalue weighted by Crippen LogP contribution is -2.11. The Hall–Kier alpha value is -2.10. The van der Waals surface area contributed by atoms with Crippen LogP contribution in [0.5, 0.6) is 0 Å². The number of ketones is 1. The zero-order valence-electron chi connectivity index (χ0n) is 10.2. The third-order valence-corrected chi connectivity index (χ3v) is 2.68. The second kappa shape index (κ2) is 4.41. The highest BCUT2D eigenvalue weighted by Crippen LogP contribution is 2.16. The molecule has 0 spiro atoms. The normalized spacial score (nSPS) is 10.3. The van der Waals surface area contributed by atoms with Gasteiger partial charge >= 0.3 is 0 Å². The van der Waals surface area contributed by atoms with Crippen LogP contribution in [0.4, 0.5) is 5.69 Å². The maximum absolute atomic E-state index is 12.2. The van der Waals surface area contributed by atoms with Crippen LogP contribution in [0.25, 0.3) is 0 Å². The Morgan fingerprint density at radius 3 is 2.65 bits per heavy atom. The van der Waals surface area contributed by atoms with Gasteiger partial charge in [0.25, 0.3) is 0 Å². The number of carbonyl (C=O) groups is 1. The summed E-state index contributed by atoms with van der Waals surface area (Å²) in [6.45, 7) is 0. The molecule has 0 radical (unpaired) electrons. The topological polar surface area (TPSA) is 38.1 Å². The molecule has 0 amide bonds. The van der Waals surface area contributed by atoms with E-state index < -0.39 is 0 Å². The fraction of sp³-hybridized carbons (Fsp3) is 0.231. The highest BCUT2D eigenvalue weighted by molar-refractivity contribution is 6.08. The quantitative estimate of drug-likeness (QED) is 0.752. The van der Waals surface area contributed by atoms with E-state index in [1.54, 1.807) is 24.0 Å². The van der Waals surface area contributed by atoms with Gasteiger partial charge in [0.1, 0.15) is 5.69 Å². The third-order valence-electron chi connectivity index (χ3n) is 2.68. The van der Waals surface area contributed by atoms with E-state index in [1.165, 1.54) is 0 Å². The van der Waals surface area contributed by atoms with Gasteiger partial charge in [0.05, 0.1) is 0 Å². The van der Waals surface area contributed by atoms with Crippen LogP contribution in [-0.2, 0) is 7.05 Å². The van der Waals surface area contributed by atoms with E-state index in [2.05, 4.69) is 5.10 Å². The molecular weight excluding hydrogens is 214 g/mol. The molecule has 17 heavy (non-hydrogen) atoms. The average Bonchev–Trinajstić information content (AvgIpc) is 2.74. The average molecular weight is 229 g/mol. The predicted octanol–water partition coefficient (Wildman–Crippen LogP) is 1.72. The Bertz CT molecular complexity index is 543. The smallest absolute Gasteiger partial charge is 0.211 e. The molecule has 0 aliphatic heterocycles. The number of nitrogens with zero attached hydrogens (tertiary/aromatic N) is 3. The minimum absolute atomic E-state index is 0.00583. The van der Waals surface area contributed by atoms with E-state index in [9.17, 15) is 4.79 Å². The Balaban J connectivity index is 2.38. The van der Waals surface area contributed by atoms with E-state index in [-0.39, 0.29) is 5.78 Å². The number of rotatable bonds is 3. The second-order valence-electron chi connectivity index (χ2n) is 4.11. The summed E-state index contributed by atoms with van der Waals surface area (Å²) in [4.78, 5) is 14.2. The van der Waals surface area contributed by atoms with Crippen molar-refractivity contribution in [1.29, 1.82) is 0 Å². The summed E-state index contributed by atoms with van der Waals surface area (Å²) in [6.07, 6.45) is 1.63. The van der Waals surface area contributed by atoms with Crippen LogP contribution in [0.3, 0.4) is 0 Å². The molecule has 0 bridgehead atoms. The summed E-state index contributed by atoms with van der Waals surface area (Å²) >= 11 is 0. The van der Waals surface area contributed by atoms with E-state index in [0.717, 1.165) is 5.69 Å². The highest BCUT2D eigenvalue weighted by Gasteiger charge is 2.13. The van der Waals surface area contributed by atoms with Gasteiger partial charge in [-0.2, -0.15) is 5.10 Å². The highest BCUT2D eigenvalue weighted by atomic mass is 16.1. The van der Waals surface area contributed by atoms with Gasteiger partial charge in [-0.05, 0) is 18.2 Å². The van der Waals surface area contributed by atoms with Crippen LogP contribution < -0.4 is 4.90 Å². The number of aryl methyl sites for hydroxylation is 1. The van der Waals surface area contributed by atoms with Gasteiger partial charge in [-0.1, -0.05) is 12.1 Å². The van der Waals surface area contributed by atoms with Crippen molar-refractivity contribution in [3.8, 4) is 0 Å². The standard InChI is InChI=1S/C13H15N3O/c1-15(2)11-6-4-5-10(9-11)13(17)12-7-8-14-16(12)3/h4-9H,1-3H3. The summed E-state index contributed by atoms with van der Waals surface area (Å²) in [5.74, 6) is -0.00583. The molecule has 0 aliphatic rings. The zero-order valence-corrected chi connectivity index (χ0v) is 10.2. The number of hydrogen-bond acceptors (Lipinski definition) is 3. The zero-order chi connectivity index (χ0) is 12.4. The molecule has 0 N–H and O–H groups in total. The summed E-state index contributed by atoms with van der Waals surface area (Å²) in [5, 5.41) is 4.01. The fourth-order valence-electron chi connectivity index (χ4n) is 1.67. The third kappa shape index (κ3) is 2.20. The second-order valence-corrected chi connectivity index (χ2v) is 4.11. The van der Waals surface area contributed by atoms with Gasteiger partial charge < -0.3 is 4.90 Å². The molecule has 88 valence electrons. The van der Waals surface area contributed by atoms with Gasteiger partial charge in [-0.15, -0.1) is 0 Å². The molecule has 2 rings (SSSR count). The Labute approximate surface area is 100 Å². The summed E-state index contributed by atoms with van der Waals surface area (Å²) in [6, 6.07) is 9.29. The van der Waals surface area contributed by atoms with Gasteiger partial charge in [0.15, 0.2) is 0 Å². The minimum atomic E-state index is -0.00583. The molecule has 4 heteroatoms. The minimum Gasteiger partial charge on any atom is -0.378 e. The molecule has 1 aromatic carbocycles. The Morgan fingerprint density at radius 2 is 2.06 bits per heavy atom. The number of benzene rings is 1. The fourth-order valence-corrected chi connectivity index (χ4v) is 1.67. The SMILES string of the molecule is CN(C)c1cccc(C(=O)c2ccnn2C)c1. The molecule has 0 unspecified atom stereocenters. The molecule has 0 saturated heterocycles. The molecule has 2 aromatic rings. The summed E-state index contributed by atoms with van der Waals surface area (Å²) in [5.41, 5.74) is 2.29. The Kier molecular flexibility index (Phi) is 2.95. The van der Waals surface area contributed by atoms with Crippen LogP contribution in [-0.4, -0.2) is 29.7 Å². The van der Waals surface area contributed by atoms with Crippen LogP contribution in [0.15, 0.2) is 36.5 Å². The molecule has 4 nitrogen and oxygen atoms in total. The van der Waals surface area contributed by atoms with Gasteiger partial charge in [0, 0.05) is 38.6 Å². The molecule has 1 heterocycles. The molecule has 0 saturated carbocycles. The largest absolute Gasteiger partial charge is 0.378 e. The van der Waals surface area contributed by atoms with Gasteiger partial charge in [-0.3, -0.25) is 9.48 Å². The van der Waals surface area contributed by atoms with Crippen molar-refractivity contribution in [2.45, 2.75) is 0 Å². The van der Waals surface area contributed by atoms with Crippen molar-refractivity contribution in [2.75, 3.05) is 19.0 Å². The maximum Gasteiger partial charge on any atom is 0.211 e. The first-order chi connectivity index (χ1) is 8.09. The van der Waals surface area contributed by atoms with Crippen molar-refractivity contribution >= 4 is 11.5 Å². The lowest BCUT2D eigenvalue weighted by Gasteiger charge is -2.13. The number of carbonyl (C=O) groups excluding carboxylic acids is 1. The van der Waals surface area contributed by atoms with Crippen molar-refractivity contribution in [1.82, 2.24) is 9.78 Å². The lowest BCUT2D eigenvalue weighted by atomic mass is 10.1. The summed E-state index contributed by atoms with van der Waals surface area (Å²) in [7, 11) is 5.67. The molecular formula is C13H15N3O. The molecule has 0 atom stereocenters. The molecule has 0 aliphatic carbocycles. The van der Waals surface area contributed by atoms with E-state index >= 15 is 0 Å². The van der Waals surface area contributed by atoms with E-state index in [0.29, 0.717) is 11.3 Å². The number of aromatic nitrogens is 2. The van der Waals surface area contributed by atoms with Gasteiger partial charge in [-0.25, -0.2) is 0 Å². The van der Waals surface area contributed by atoms with Crippen LogP contribution in [0.2, 0.25) is 0 Å². The van der Waals surface area contributed by atoms with Crippen molar-refractivity contribution in [3.63, 3.8) is 0 Å². The van der Waals surface area contributed by atoms with Crippen LogP contribution in [0, 0.1) is 0 Å². The first kappa shape index (κ1) is 11.4. The van der Waals surface area contributed by atoms with Gasteiger partial charge in [0.2, 0.25) is 5.78 Å². The van der Waals surface area contributed by atoms with Crippen molar-refractivity contribution in [3.05, 3.63) is 47.8 Å². The van der Waals surface area contributed by atoms with E-state index in [4.69, 9.17) is 0 Å². The number of anilines is 1. The van der Waals surface area contributed by atoms with Crippen molar-refractivity contribution < 1.29 is 4.79 Å². The Morgan fingerprint density at radius 1 is 1.29 bits per heavy atom. The molecule has 0 fully saturated rings. The predicted molar refractivity (Wildman–Crippen MR) is 67.4 cm³/mol. The summed E-state index contributed by atoms with van der Waals surface area (Å²) < 4.78 is 1.59. The first-order valence-corrected chi connectivity index (χ1v) is 5.39. The van der Waals surface area contributed by atoms with E-state index in [1.807, 2.05) is 43.3 Å². The van der Waals surface area contributed by atoms with Crippen LogP contribution in [0.1, 0.15) is 16.1 Å². The monoisotopic (exact) mass is 229 g/mol. The maximum atomic E-state index is 12.2.